The Morgan fingerprint density at radius 3 is 2.54 bits per heavy atom. The fourth-order valence-electron chi connectivity index (χ4n) is 2.02. The van der Waals surface area contributed by atoms with Gasteiger partial charge in [0.2, 0.25) is 11.8 Å². The molecule has 26 heavy (non-hydrogen) atoms. The lowest BCUT2D eigenvalue weighted by molar-refractivity contribution is -0.113. The van der Waals surface area contributed by atoms with E-state index < -0.39 is 29.0 Å². The summed E-state index contributed by atoms with van der Waals surface area (Å²) in [6, 6.07) is 9.13. The van der Waals surface area contributed by atoms with Crippen LogP contribution in [0.25, 0.3) is 11.5 Å². The molecule has 1 aromatic heterocycles. The Labute approximate surface area is 150 Å². The molecule has 0 aliphatic carbocycles. The molecule has 0 unspecified atom stereocenters. The van der Waals surface area contributed by atoms with Crippen molar-refractivity contribution in [1.29, 1.82) is 0 Å². The molecule has 0 saturated heterocycles. The summed E-state index contributed by atoms with van der Waals surface area (Å²) in [4.78, 5) is 11.8. The van der Waals surface area contributed by atoms with Gasteiger partial charge in [0.15, 0.2) is 17.5 Å². The molecule has 0 saturated carbocycles. The van der Waals surface area contributed by atoms with Crippen LogP contribution in [0.2, 0.25) is 0 Å². The number of thioether (sulfide) groups is 1. The Kier molecular flexibility index (Phi) is 5.27. The third-order valence-electron chi connectivity index (χ3n) is 3.34. The van der Waals surface area contributed by atoms with Crippen LogP contribution in [0.1, 0.15) is 5.56 Å². The molecular formula is C17H12F3N3O2S. The number of carbonyl (C=O) groups is 1. The number of nitrogens with zero attached hydrogens (tertiary/aromatic N) is 2. The van der Waals surface area contributed by atoms with Crippen molar-refractivity contribution in [3.63, 3.8) is 0 Å². The van der Waals surface area contributed by atoms with Crippen LogP contribution in [0.15, 0.2) is 46.0 Å². The molecule has 5 nitrogen and oxygen atoms in total. The number of nitrogens with one attached hydrogen (secondary N) is 1. The third-order valence-corrected chi connectivity index (χ3v) is 4.16. The van der Waals surface area contributed by atoms with Gasteiger partial charge < -0.3 is 9.73 Å². The van der Waals surface area contributed by atoms with Gasteiger partial charge in [-0.05, 0) is 31.2 Å². The summed E-state index contributed by atoms with van der Waals surface area (Å²) in [5.74, 6) is -4.93. The second-order valence-corrected chi connectivity index (χ2v) is 6.23. The number of amides is 1. The lowest BCUT2D eigenvalue weighted by atomic mass is 10.1. The van der Waals surface area contributed by atoms with E-state index in [1.54, 1.807) is 0 Å². The lowest BCUT2D eigenvalue weighted by Crippen LogP contribution is -2.15. The van der Waals surface area contributed by atoms with Crippen molar-refractivity contribution < 1.29 is 22.4 Å². The molecule has 0 atom stereocenters. The highest BCUT2D eigenvalue weighted by molar-refractivity contribution is 7.99. The molecule has 0 spiro atoms. The van der Waals surface area contributed by atoms with Crippen molar-refractivity contribution in [2.75, 3.05) is 11.1 Å². The van der Waals surface area contributed by atoms with E-state index in [0.29, 0.717) is 5.89 Å². The van der Waals surface area contributed by atoms with E-state index in [1.807, 2.05) is 31.2 Å². The molecular weight excluding hydrogens is 367 g/mol. The third kappa shape index (κ3) is 4.05. The van der Waals surface area contributed by atoms with E-state index in [-0.39, 0.29) is 11.0 Å². The number of hydrogen-bond donors (Lipinski definition) is 1. The molecule has 9 heteroatoms. The fourth-order valence-corrected chi connectivity index (χ4v) is 2.58. The van der Waals surface area contributed by atoms with Gasteiger partial charge in [0.1, 0.15) is 0 Å². The predicted molar refractivity (Wildman–Crippen MR) is 90.1 cm³/mol. The first kappa shape index (κ1) is 18.0. The summed E-state index contributed by atoms with van der Waals surface area (Å²) in [6.45, 7) is 1.95. The summed E-state index contributed by atoms with van der Waals surface area (Å²) in [5, 5.41) is 10.0. The fraction of sp³-hybridized carbons (Fsp3) is 0.118. The van der Waals surface area contributed by atoms with Crippen molar-refractivity contribution in [3.05, 3.63) is 59.4 Å². The summed E-state index contributed by atoms with van der Waals surface area (Å²) >= 11 is 0.937. The zero-order chi connectivity index (χ0) is 18.7. The summed E-state index contributed by atoms with van der Waals surface area (Å²) in [6.07, 6.45) is 0. The van der Waals surface area contributed by atoms with Crippen LogP contribution in [0, 0.1) is 24.4 Å². The smallest absolute Gasteiger partial charge is 0.277 e. The summed E-state index contributed by atoms with van der Waals surface area (Å²) in [5.41, 5.74) is 1.38. The maximum atomic E-state index is 13.5. The number of carbonyl (C=O) groups excluding carboxylic acids is 1. The second-order valence-electron chi connectivity index (χ2n) is 5.30. The molecule has 3 rings (SSSR count). The minimum Gasteiger partial charge on any atom is -0.411 e. The van der Waals surface area contributed by atoms with Crippen LogP contribution < -0.4 is 5.32 Å². The van der Waals surface area contributed by atoms with Crippen LogP contribution in [-0.2, 0) is 4.79 Å². The quantitative estimate of drug-likeness (QED) is 0.532. The van der Waals surface area contributed by atoms with Gasteiger partial charge in [0, 0.05) is 5.56 Å². The number of anilines is 1. The Balaban J connectivity index is 1.60. The molecule has 0 aliphatic rings. The van der Waals surface area contributed by atoms with Gasteiger partial charge in [0.05, 0.1) is 11.4 Å². The van der Waals surface area contributed by atoms with Crippen molar-refractivity contribution >= 4 is 23.4 Å². The molecule has 0 fully saturated rings. The molecule has 3 aromatic rings. The standard InChI is InChI=1S/C17H12F3N3O2S/c1-9-2-4-10(5-3-9)16-22-23-17(25-16)26-8-13(24)21-12-7-6-11(18)14(19)15(12)20/h2-7H,8H2,1H3,(H,21,24). The molecule has 1 N–H and O–H groups in total. The van der Waals surface area contributed by atoms with Gasteiger partial charge in [-0.25, -0.2) is 13.2 Å². The van der Waals surface area contributed by atoms with E-state index in [4.69, 9.17) is 4.42 Å². The molecule has 2 aromatic carbocycles. The first-order chi connectivity index (χ1) is 12.4. The normalized spacial score (nSPS) is 10.8. The van der Waals surface area contributed by atoms with Crippen molar-refractivity contribution in [3.8, 4) is 11.5 Å². The predicted octanol–water partition coefficient (Wildman–Crippen LogP) is 4.19. The highest BCUT2D eigenvalue weighted by Gasteiger charge is 2.16. The van der Waals surface area contributed by atoms with Crippen molar-refractivity contribution in [2.24, 2.45) is 0 Å². The molecule has 1 amide bonds. The van der Waals surface area contributed by atoms with E-state index in [1.165, 1.54) is 0 Å². The maximum Gasteiger partial charge on any atom is 0.277 e. The van der Waals surface area contributed by atoms with Gasteiger partial charge in [-0.15, -0.1) is 10.2 Å². The van der Waals surface area contributed by atoms with Crippen LogP contribution >= 0.6 is 11.8 Å². The van der Waals surface area contributed by atoms with Crippen LogP contribution in [0.4, 0.5) is 18.9 Å². The Morgan fingerprint density at radius 1 is 1.08 bits per heavy atom. The van der Waals surface area contributed by atoms with E-state index in [9.17, 15) is 18.0 Å². The number of hydrogen-bond acceptors (Lipinski definition) is 5. The Bertz CT molecular complexity index is 945. The van der Waals surface area contributed by atoms with Gasteiger partial charge in [0.25, 0.3) is 5.22 Å². The van der Waals surface area contributed by atoms with Gasteiger partial charge in [-0.3, -0.25) is 4.79 Å². The monoisotopic (exact) mass is 379 g/mol. The number of benzene rings is 2. The summed E-state index contributed by atoms with van der Waals surface area (Å²) < 4.78 is 45.0. The van der Waals surface area contributed by atoms with Crippen LogP contribution in [-0.4, -0.2) is 21.9 Å². The lowest BCUT2D eigenvalue weighted by Gasteiger charge is -2.06. The van der Waals surface area contributed by atoms with Gasteiger partial charge in [-0.1, -0.05) is 29.5 Å². The Hall–Kier alpha value is -2.81. The number of halogens is 3. The molecule has 134 valence electrons. The van der Waals surface area contributed by atoms with Gasteiger partial charge in [-0.2, -0.15) is 0 Å². The molecule has 0 aliphatic heterocycles. The number of rotatable bonds is 5. The highest BCUT2D eigenvalue weighted by atomic mass is 32.2. The topological polar surface area (TPSA) is 68.0 Å². The first-order valence-electron chi connectivity index (χ1n) is 7.40. The summed E-state index contributed by atoms with van der Waals surface area (Å²) in [7, 11) is 0. The molecule has 1 heterocycles. The van der Waals surface area contributed by atoms with Crippen molar-refractivity contribution in [1.82, 2.24) is 10.2 Å². The SMILES string of the molecule is Cc1ccc(-c2nnc(SCC(=O)Nc3ccc(F)c(F)c3F)o2)cc1. The van der Waals surface area contributed by atoms with Crippen LogP contribution in [0.3, 0.4) is 0 Å². The van der Waals surface area contributed by atoms with Gasteiger partial charge >= 0.3 is 0 Å². The zero-order valence-electron chi connectivity index (χ0n) is 13.4. The van der Waals surface area contributed by atoms with E-state index in [0.717, 1.165) is 35.0 Å². The minimum atomic E-state index is -1.64. The van der Waals surface area contributed by atoms with E-state index >= 15 is 0 Å². The average molecular weight is 379 g/mol. The average Bonchev–Trinajstić information content (AvgIpc) is 3.10. The number of aromatic nitrogens is 2. The largest absolute Gasteiger partial charge is 0.411 e. The highest BCUT2D eigenvalue weighted by Crippen LogP contribution is 2.24. The maximum absolute atomic E-state index is 13.5. The first-order valence-corrected chi connectivity index (χ1v) is 8.39. The van der Waals surface area contributed by atoms with Crippen molar-refractivity contribution in [2.45, 2.75) is 12.1 Å². The zero-order valence-corrected chi connectivity index (χ0v) is 14.2. The number of aryl methyl sites for hydroxylation is 1. The molecule has 0 radical (unpaired) electrons. The minimum absolute atomic E-state index is 0.154. The molecule has 0 bridgehead atoms. The van der Waals surface area contributed by atoms with Crippen LogP contribution in [0.5, 0.6) is 0 Å². The second kappa shape index (κ2) is 7.61. The van der Waals surface area contributed by atoms with E-state index in [2.05, 4.69) is 15.5 Å². The Morgan fingerprint density at radius 2 is 1.81 bits per heavy atom.